The van der Waals surface area contributed by atoms with E-state index in [1.54, 1.807) is 48.5 Å². The van der Waals surface area contributed by atoms with Crippen LogP contribution in [0.2, 0.25) is 5.02 Å². The van der Waals surface area contributed by atoms with Crippen LogP contribution in [0.15, 0.2) is 48.5 Å². The predicted molar refractivity (Wildman–Crippen MR) is 101 cm³/mol. The molecule has 7 nitrogen and oxygen atoms in total. The van der Waals surface area contributed by atoms with E-state index in [0.717, 1.165) is 4.31 Å². The van der Waals surface area contributed by atoms with Gasteiger partial charge in [0.05, 0.1) is 11.7 Å². The number of anilines is 1. The second-order valence-electron chi connectivity index (χ2n) is 5.75. The van der Waals surface area contributed by atoms with E-state index in [0.29, 0.717) is 22.0 Å². The van der Waals surface area contributed by atoms with Crippen molar-refractivity contribution >= 4 is 27.5 Å². The first-order valence-electron chi connectivity index (χ1n) is 7.95. The molecule has 1 aliphatic rings. The van der Waals surface area contributed by atoms with Gasteiger partial charge in [0, 0.05) is 11.6 Å². The molecule has 0 aromatic heterocycles. The van der Waals surface area contributed by atoms with Gasteiger partial charge in [-0.3, -0.25) is 4.85 Å². The van der Waals surface area contributed by atoms with Crippen molar-refractivity contribution in [1.29, 1.82) is 5.26 Å². The Kier molecular flexibility index (Phi) is 5.52. The zero-order valence-electron chi connectivity index (χ0n) is 14.1. The summed E-state index contributed by atoms with van der Waals surface area (Å²) >= 11 is 5.93. The van der Waals surface area contributed by atoms with Crippen LogP contribution >= 0.6 is 11.6 Å². The maximum Gasteiger partial charge on any atom is 0.310 e. The summed E-state index contributed by atoms with van der Waals surface area (Å²) in [5, 5.41) is 9.17. The summed E-state index contributed by atoms with van der Waals surface area (Å²) in [6, 6.07) is 14.8. The van der Waals surface area contributed by atoms with E-state index in [1.807, 2.05) is 6.07 Å². The molecule has 0 spiro atoms. The van der Waals surface area contributed by atoms with Gasteiger partial charge in [0.1, 0.15) is 11.8 Å². The highest BCUT2D eigenvalue weighted by Crippen LogP contribution is 2.39. The van der Waals surface area contributed by atoms with Crippen LogP contribution in [0.25, 0.3) is 4.85 Å². The standard InChI is InChI=1S/C18H15ClN4O3S/c1-21-13-22-12-18(14-3-2-4-17(11-14)26-10-9-20)23(27(22,24)25)16-7-5-15(19)6-8-16/h2-8,11,18H,10,12-13H2/t18-/m1/s1. The van der Waals surface area contributed by atoms with Crippen LogP contribution in [-0.2, 0) is 10.2 Å². The van der Waals surface area contributed by atoms with E-state index in [4.69, 9.17) is 28.2 Å². The molecule has 0 aliphatic carbocycles. The molecule has 1 atom stereocenters. The molecule has 1 heterocycles. The van der Waals surface area contributed by atoms with Crippen molar-refractivity contribution in [2.45, 2.75) is 6.04 Å². The zero-order chi connectivity index (χ0) is 19.4. The Balaban J connectivity index is 2.05. The maximum atomic E-state index is 13.0. The summed E-state index contributed by atoms with van der Waals surface area (Å²) in [5.41, 5.74) is 1.16. The van der Waals surface area contributed by atoms with E-state index >= 15 is 0 Å². The minimum absolute atomic E-state index is 0.100. The Bertz CT molecular complexity index is 1010. The fraction of sp³-hybridized carbons (Fsp3) is 0.222. The van der Waals surface area contributed by atoms with E-state index in [-0.39, 0.29) is 19.8 Å². The van der Waals surface area contributed by atoms with Gasteiger partial charge in [-0.1, -0.05) is 23.7 Å². The fourth-order valence-corrected chi connectivity index (χ4v) is 4.73. The molecule has 0 saturated carbocycles. The molecular weight excluding hydrogens is 388 g/mol. The molecule has 138 valence electrons. The lowest BCUT2D eigenvalue weighted by molar-refractivity contribution is 0.367. The molecule has 0 radical (unpaired) electrons. The third-order valence-electron chi connectivity index (χ3n) is 4.09. The smallest absolute Gasteiger partial charge is 0.310 e. The number of ether oxygens (including phenoxy) is 1. The number of halogens is 1. The number of benzene rings is 2. The molecule has 1 saturated heterocycles. The predicted octanol–water partition coefficient (Wildman–Crippen LogP) is 3.23. The van der Waals surface area contributed by atoms with E-state index in [9.17, 15) is 8.42 Å². The van der Waals surface area contributed by atoms with Crippen molar-refractivity contribution in [1.82, 2.24) is 4.31 Å². The molecule has 2 aromatic carbocycles. The van der Waals surface area contributed by atoms with Gasteiger partial charge >= 0.3 is 10.2 Å². The average Bonchev–Trinajstić information content (AvgIpc) is 2.92. The normalized spacial score (nSPS) is 18.6. The zero-order valence-corrected chi connectivity index (χ0v) is 15.7. The number of hydrogen-bond donors (Lipinski definition) is 0. The van der Waals surface area contributed by atoms with Crippen molar-refractivity contribution in [2.75, 3.05) is 24.1 Å². The van der Waals surface area contributed by atoms with Crippen LogP contribution in [0.5, 0.6) is 5.75 Å². The van der Waals surface area contributed by atoms with E-state index < -0.39 is 16.3 Å². The second kappa shape index (κ2) is 7.85. The Hall–Kier alpha value is -2.78. The van der Waals surface area contributed by atoms with Crippen molar-refractivity contribution in [3.63, 3.8) is 0 Å². The van der Waals surface area contributed by atoms with Gasteiger partial charge in [0.25, 0.3) is 6.67 Å². The van der Waals surface area contributed by atoms with Crippen LogP contribution in [-0.4, -0.2) is 32.5 Å². The number of nitrogens with zero attached hydrogens (tertiary/aromatic N) is 4. The average molecular weight is 403 g/mol. The Morgan fingerprint density at radius 1 is 1.30 bits per heavy atom. The first-order chi connectivity index (χ1) is 13.0. The molecule has 0 unspecified atom stereocenters. The highest BCUT2D eigenvalue weighted by molar-refractivity contribution is 7.90. The number of rotatable bonds is 5. The summed E-state index contributed by atoms with van der Waals surface area (Å²) in [5.74, 6) is 0.478. The molecular formula is C18H15ClN4O3S. The summed E-state index contributed by atoms with van der Waals surface area (Å²) < 4.78 is 33.8. The number of hydrogen-bond acceptors (Lipinski definition) is 4. The quantitative estimate of drug-likeness (QED) is 0.719. The first kappa shape index (κ1) is 19.0. The summed E-state index contributed by atoms with van der Waals surface area (Å²) in [4.78, 5) is 3.23. The van der Waals surface area contributed by atoms with Crippen molar-refractivity contribution in [3.8, 4) is 11.8 Å². The monoisotopic (exact) mass is 402 g/mol. The van der Waals surface area contributed by atoms with Crippen molar-refractivity contribution in [3.05, 3.63) is 70.5 Å². The highest BCUT2D eigenvalue weighted by atomic mass is 35.5. The molecule has 0 amide bonds. The van der Waals surface area contributed by atoms with Gasteiger partial charge in [-0.25, -0.2) is 10.9 Å². The van der Waals surface area contributed by atoms with Gasteiger partial charge in [0.15, 0.2) is 6.61 Å². The van der Waals surface area contributed by atoms with Crippen LogP contribution in [0, 0.1) is 17.9 Å². The molecule has 1 aliphatic heterocycles. The third-order valence-corrected chi connectivity index (χ3v) is 6.22. The summed E-state index contributed by atoms with van der Waals surface area (Å²) in [7, 11) is -3.87. The van der Waals surface area contributed by atoms with Crippen LogP contribution in [0.1, 0.15) is 11.6 Å². The molecule has 0 N–H and O–H groups in total. The second-order valence-corrected chi connectivity index (χ2v) is 7.99. The van der Waals surface area contributed by atoms with Crippen molar-refractivity contribution < 1.29 is 13.2 Å². The Labute approximate surface area is 163 Å². The molecule has 27 heavy (non-hydrogen) atoms. The lowest BCUT2D eigenvalue weighted by atomic mass is 10.1. The highest BCUT2D eigenvalue weighted by Gasteiger charge is 2.46. The topological polar surface area (TPSA) is 78.0 Å². The van der Waals surface area contributed by atoms with Crippen molar-refractivity contribution in [2.24, 2.45) is 0 Å². The lowest BCUT2D eigenvalue weighted by Crippen LogP contribution is -2.33. The minimum atomic E-state index is -3.87. The SMILES string of the molecule is [C-]#[N+]CN1C[C@H](c2cccc(OCC#N)c2)N(c2ccc(Cl)cc2)S1(=O)=O. The minimum Gasteiger partial charge on any atom is -0.479 e. The Morgan fingerprint density at radius 3 is 2.70 bits per heavy atom. The van der Waals surface area contributed by atoms with Gasteiger partial charge in [-0.05, 0) is 42.0 Å². The molecule has 9 heteroatoms. The van der Waals surface area contributed by atoms with E-state index in [2.05, 4.69) is 4.85 Å². The maximum absolute atomic E-state index is 13.0. The van der Waals surface area contributed by atoms with Crippen LogP contribution in [0.3, 0.4) is 0 Å². The molecule has 0 bridgehead atoms. The number of nitriles is 1. The lowest BCUT2D eigenvalue weighted by Gasteiger charge is -2.24. The first-order valence-corrected chi connectivity index (χ1v) is 9.73. The summed E-state index contributed by atoms with van der Waals surface area (Å²) in [6.45, 7) is 6.83. The van der Waals surface area contributed by atoms with Crippen LogP contribution in [0.4, 0.5) is 5.69 Å². The summed E-state index contributed by atoms with van der Waals surface area (Å²) in [6.07, 6.45) is 0. The largest absolute Gasteiger partial charge is 0.479 e. The van der Waals surface area contributed by atoms with Gasteiger partial charge in [0.2, 0.25) is 0 Å². The van der Waals surface area contributed by atoms with E-state index in [1.165, 1.54) is 4.31 Å². The molecule has 2 aromatic rings. The molecule has 1 fully saturated rings. The van der Waals surface area contributed by atoms with Gasteiger partial charge in [-0.2, -0.15) is 13.7 Å². The van der Waals surface area contributed by atoms with Gasteiger partial charge in [-0.15, -0.1) is 4.31 Å². The fourth-order valence-electron chi connectivity index (χ4n) is 2.93. The van der Waals surface area contributed by atoms with Gasteiger partial charge < -0.3 is 4.74 Å². The molecule has 3 rings (SSSR count). The Morgan fingerprint density at radius 2 is 2.04 bits per heavy atom. The third kappa shape index (κ3) is 3.83. The van der Waals surface area contributed by atoms with Crippen LogP contribution < -0.4 is 9.04 Å².